The lowest BCUT2D eigenvalue weighted by atomic mass is 15.9. The zero-order valence-corrected chi connectivity index (χ0v) is 2.69. The second kappa shape index (κ2) is 1.11. The highest BCUT2D eigenvalue weighted by atomic mass is 28.3. The van der Waals surface area contributed by atoms with Crippen molar-refractivity contribution in [2.45, 2.75) is 0 Å². The van der Waals surface area contributed by atoms with Crippen LogP contribution in [0.25, 0.3) is 0 Å². The summed E-state index contributed by atoms with van der Waals surface area (Å²) in [5.74, 6) is 0. The molecule has 0 radical (unpaired) electrons. The van der Waals surface area contributed by atoms with Gasteiger partial charge in [0.1, 0.15) is 0 Å². The predicted molar refractivity (Wildman–Crippen MR) is 7.55 cm³/mol. The molecule has 4 heteroatoms. The molecule has 0 aliphatic heterocycles. The molecular formula is FO2Si-. The average molecular weight is 79.1 g/mol. The molecule has 0 aliphatic carbocycles. The molecule has 0 saturated heterocycles. The molecule has 0 saturated carbocycles. The third-order valence-electron chi connectivity index (χ3n) is 0. The van der Waals surface area contributed by atoms with E-state index >= 15 is 0 Å². The van der Waals surface area contributed by atoms with Gasteiger partial charge in [-0.15, -0.1) is 0 Å². The maximum atomic E-state index is 9.99. The molecule has 24 valence electrons. The SMILES string of the molecule is O=[Si]([O-])F. The third kappa shape index (κ3) is 15.2. The topological polar surface area (TPSA) is 40.1 Å². The summed E-state index contributed by atoms with van der Waals surface area (Å²) < 4.78 is 18.4. The fourth-order valence-corrected chi connectivity index (χ4v) is 0. The zero-order valence-electron chi connectivity index (χ0n) is 1.69. The molecule has 0 bridgehead atoms. The van der Waals surface area contributed by atoms with E-state index < -0.39 is 9.26 Å². The first kappa shape index (κ1) is 3.75. The Labute approximate surface area is 23.8 Å². The molecule has 0 amide bonds. The van der Waals surface area contributed by atoms with E-state index in [-0.39, 0.29) is 0 Å². The van der Waals surface area contributed by atoms with Gasteiger partial charge in [0.05, 0.1) is 0 Å². The van der Waals surface area contributed by atoms with Crippen molar-refractivity contribution < 1.29 is 13.4 Å². The molecule has 0 atom stereocenters. The lowest BCUT2D eigenvalue weighted by molar-refractivity contribution is -0.214. The van der Waals surface area contributed by atoms with Gasteiger partial charge in [-0.1, -0.05) is 0 Å². The zero-order chi connectivity index (χ0) is 3.58. The third-order valence-corrected chi connectivity index (χ3v) is 0. The normalized spacial score (nSPS) is 6.25. The van der Waals surface area contributed by atoms with Crippen LogP contribution in [0.15, 0.2) is 0 Å². The molecular weight excluding hydrogens is 79.1 g/mol. The summed E-state index contributed by atoms with van der Waals surface area (Å²) in [6.07, 6.45) is 0. The van der Waals surface area contributed by atoms with E-state index in [1.54, 1.807) is 0 Å². The molecule has 0 rings (SSSR count). The van der Waals surface area contributed by atoms with E-state index in [1.807, 2.05) is 0 Å². The van der Waals surface area contributed by atoms with Crippen molar-refractivity contribution in [1.29, 1.82) is 0 Å². The minimum atomic E-state index is -3.88. The highest BCUT2D eigenvalue weighted by molar-refractivity contribution is 6.20. The Balaban J connectivity index is 2.80. The summed E-state index contributed by atoms with van der Waals surface area (Å²) in [6, 6.07) is 0. The molecule has 0 unspecified atom stereocenters. The molecule has 0 aromatic rings. The first-order valence-electron chi connectivity index (χ1n) is 0.597. The van der Waals surface area contributed by atoms with Crippen LogP contribution in [0, 0.1) is 0 Å². The lowest BCUT2D eigenvalue weighted by Crippen LogP contribution is -2.11. The summed E-state index contributed by atoms with van der Waals surface area (Å²) in [5.41, 5.74) is 0. The Morgan fingerprint density at radius 3 is 2.00 bits per heavy atom. The Kier molecular flexibility index (Phi) is 1.04. The van der Waals surface area contributed by atoms with Crippen LogP contribution in [0.5, 0.6) is 0 Å². The second-order valence-corrected chi connectivity index (χ2v) is 0.713. The minimum absolute atomic E-state index is 3.88. The van der Waals surface area contributed by atoms with E-state index in [4.69, 9.17) is 9.26 Å². The van der Waals surface area contributed by atoms with Crippen LogP contribution in [0.2, 0.25) is 0 Å². The fourth-order valence-electron chi connectivity index (χ4n) is 0. The molecule has 0 aromatic carbocycles. The van der Waals surface area contributed by atoms with Crippen LogP contribution in [0.4, 0.5) is 4.11 Å². The average Bonchev–Trinajstić information content (AvgIpc) is 0.811. The van der Waals surface area contributed by atoms with Crippen molar-refractivity contribution in [3.8, 4) is 0 Å². The van der Waals surface area contributed by atoms with Gasteiger partial charge in [0.25, 0.3) is 0 Å². The van der Waals surface area contributed by atoms with Gasteiger partial charge in [0, 0.05) is 0 Å². The monoisotopic (exact) mass is 79.0 g/mol. The van der Waals surface area contributed by atoms with Crippen LogP contribution in [0.1, 0.15) is 0 Å². The number of hydrogen-bond acceptors (Lipinski definition) is 2. The van der Waals surface area contributed by atoms with Gasteiger partial charge in [-0.25, -0.2) is 0 Å². The summed E-state index contributed by atoms with van der Waals surface area (Å²) in [6.45, 7) is 0. The smallest absolute Gasteiger partial charge is 0.376 e. The van der Waals surface area contributed by atoms with Crippen molar-refractivity contribution in [2.24, 2.45) is 0 Å². The van der Waals surface area contributed by atoms with Crippen molar-refractivity contribution in [1.82, 2.24) is 0 Å². The van der Waals surface area contributed by atoms with Crippen LogP contribution >= 0.6 is 0 Å². The van der Waals surface area contributed by atoms with Gasteiger partial charge in [0.15, 0.2) is 0 Å². The van der Waals surface area contributed by atoms with E-state index in [2.05, 4.69) is 0 Å². The molecule has 0 N–H and O–H groups in total. The summed E-state index contributed by atoms with van der Waals surface area (Å²) in [4.78, 5) is 8.41. The van der Waals surface area contributed by atoms with Crippen molar-refractivity contribution >= 4 is 9.26 Å². The Hall–Kier alpha value is -0.253. The summed E-state index contributed by atoms with van der Waals surface area (Å²) in [7, 11) is -3.88. The van der Waals surface area contributed by atoms with E-state index in [1.165, 1.54) is 0 Å². The lowest BCUT2D eigenvalue weighted by Gasteiger charge is -1.67. The first-order valence-corrected chi connectivity index (χ1v) is 1.79. The number of halogens is 1. The van der Waals surface area contributed by atoms with Crippen molar-refractivity contribution in [3.05, 3.63) is 0 Å². The van der Waals surface area contributed by atoms with Gasteiger partial charge in [-0.3, -0.25) is 4.11 Å². The van der Waals surface area contributed by atoms with Crippen LogP contribution in [-0.2, 0) is 4.46 Å². The quantitative estimate of drug-likeness (QED) is 0.268. The van der Waals surface area contributed by atoms with E-state index in [0.29, 0.717) is 0 Å². The highest BCUT2D eigenvalue weighted by Gasteiger charge is 1.61. The van der Waals surface area contributed by atoms with Gasteiger partial charge >= 0.3 is 9.26 Å². The minimum Gasteiger partial charge on any atom is -0.560 e. The largest absolute Gasteiger partial charge is 0.560 e. The van der Waals surface area contributed by atoms with Gasteiger partial charge in [-0.2, -0.15) is 0 Å². The van der Waals surface area contributed by atoms with Crippen LogP contribution in [0.3, 0.4) is 0 Å². The van der Waals surface area contributed by atoms with Crippen molar-refractivity contribution in [3.63, 3.8) is 0 Å². The number of hydrogen-bond donors (Lipinski definition) is 0. The van der Waals surface area contributed by atoms with Crippen LogP contribution in [-0.4, -0.2) is 9.26 Å². The molecule has 0 fully saturated rings. The van der Waals surface area contributed by atoms with E-state index in [0.717, 1.165) is 0 Å². The standard InChI is InChI=1S/FO2Si/c1-4(2)3/q-1. The van der Waals surface area contributed by atoms with Crippen molar-refractivity contribution in [2.75, 3.05) is 0 Å². The molecule has 4 heavy (non-hydrogen) atoms. The molecule has 0 spiro atoms. The van der Waals surface area contributed by atoms with E-state index in [9.17, 15) is 4.11 Å². The van der Waals surface area contributed by atoms with Gasteiger partial charge in [0.2, 0.25) is 0 Å². The van der Waals surface area contributed by atoms with Crippen LogP contribution < -0.4 is 4.80 Å². The Bertz CT molecular complexity index is 29.0. The fraction of sp³-hybridized carbons (Fsp3) is 0. The van der Waals surface area contributed by atoms with Gasteiger partial charge < -0.3 is 9.26 Å². The maximum absolute atomic E-state index is 9.99. The Morgan fingerprint density at radius 2 is 2.00 bits per heavy atom. The molecule has 0 aliphatic rings. The second-order valence-electron chi connectivity index (χ2n) is 0.238. The Morgan fingerprint density at radius 1 is 2.00 bits per heavy atom. The predicted octanol–water partition coefficient (Wildman–Crippen LogP) is -1.27. The molecule has 0 aromatic heterocycles. The summed E-state index contributed by atoms with van der Waals surface area (Å²) in [5, 5.41) is 0. The van der Waals surface area contributed by atoms with Gasteiger partial charge in [-0.05, 0) is 0 Å². The number of rotatable bonds is 0. The summed E-state index contributed by atoms with van der Waals surface area (Å²) >= 11 is 0. The maximum Gasteiger partial charge on any atom is 0.376 e. The highest BCUT2D eigenvalue weighted by Crippen LogP contribution is 1.38. The first-order chi connectivity index (χ1) is 1.73. The molecule has 0 heterocycles. The molecule has 2 nitrogen and oxygen atoms in total.